The molecule has 2 heterocycles. The van der Waals surface area contributed by atoms with Crippen molar-refractivity contribution in [3.8, 4) is 28.1 Å². The second-order valence-electron chi connectivity index (χ2n) is 6.64. The number of aliphatic hydroxyl groups excluding tert-OH is 1. The number of benzene rings is 2. The predicted octanol–water partition coefficient (Wildman–Crippen LogP) is 2.98. The van der Waals surface area contributed by atoms with E-state index >= 15 is 0 Å². The quantitative estimate of drug-likeness (QED) is 0.582. The van der Waals surface area contributed by atoms with E-state index in [4.69, 9.17) is 4.74 Å². The zero-order valence-electron chi connectivity index (χ0n) is 15.8. The van der Waals surface area contributed by atoms with Crippen molar-refractivity contribution in [1.82, 2.24) is 14.3 Å². The average Bonchev–Trinajstić information content (AvgIpc) is 3.16. The smallest absolute Gasteiger partial charge is 0.258 e. The molecule has 6 heteroatoms. The van der Waals surface area contributed by atoms with Gasteiger partial charge in [0.15, 0.2) is 5.75 Å². The van der Waals surface area contributed by atoms with Crippen molar-refractivity contribution in [3.05, 3.63) is 71.3 Å². The van der Waals surface area contributed by atoms with Gasteiger partial charge in [-0.05, 0) is 17.7 Å². The predicted molar refractivity (Wildman–Crippen MR) is 109 cm³/mol. The molecule has 0 spiro atoms. The first-order chi connectivity index (χ1) is 13.6. The van der Waals surface area contributed by atoms with Gasteiger partial charge >= 0.3 is 0 Å². The molecule has 0 aliphatic carbocycles. The molecule has 6 nitrogen and oxygen atoms in total. The zero-order valence-corrected chi connectivity index (χ0v) is 15.8. The van der Waals surface area contributed by atoms with Gasteiger partial charge in [-0.15, -0.1) is 0 Å². The summed E-state index contributed by atoms with van der Waals surface area (Å²) in [5.41, 5.74) is 3.38. The Morgan fingerprint density at radius 1 is 1.00 bits per heavy atom. The molecule has 0 saturated carbocycles. The Morgan fingerprint density at radius 2 is 1.79 bits per heavy atom. The lowest BCUT2D eigenvalue weighted by atomic mass is 10.0. The van der Waals surface area contributed by atoms with Crippen LogP contribution in [-0.4, -0.2) is 32.7 Å². The summed E-state index contributed by atoms with van der Waals surface area (Å²) in [6, 6.07) is 15.3. The van der Waals surface area contributed by atoms with Crippen molar-refractivity contribution in [3.63, 3.8) is 0 Å². The van der Waals surface area contributed by atoms with Crippen molar-refractivity contribution >= 4 is 10.8 Å². The largest absolute Gasteiger partial charge is 0.488 e. The van der Waals surface area contributed by atoms with Crippen LogP contribution in [0.25, 0.3) is 33.2 Å². The maximum atomic E-state index is 13.0. The molecule has 2 aromatic carbocycles. The molecular formula is C22H21N3O3. The van der Waals surface area contributed by atoms with Crippen LogP contribution in [0.2, 0.25) is 0 Å². The molecule has 1 N–H and O–H groups in total. The van der Waals surface area contributed by atoms with Crippen LogP contribution < -0.4 is 10.3 Å². The van der Waals surface area contributed by atoms with Crippen LogP contribution in [0.5, 0.6) is 5.75 Å². The lowest BCUT2D eigenvalue weighted by Gasteiger charge is -2.18. The third-order valence-electron chi connectivity index (χ3n) is 4.77. The molecule has 0 radical (unpaired) electrons. The second-order valence-corrected chi connectivity index (χ2v) is 6.64. The summed E-state index contributed by atoms with van der Waals surface area (Å²) in [4.78, 5) is 13.0. The lowest BCUT2D eigenvalue weighted by Crippen LogP contribution is -2.20. The monoisotopic (exact) mass is 375 g/mol. The van der Waals surface area contributed by atoms with Crippen molar-refractivity contribution < 1.29 is 9.84 Å². The van der Waals surface area contributed by atoms with Crippen molar-refractivity contribution in [2.45, 2.75) is 0 Å². The first-order valence-electron chi connectivity index (χ1n) is 9.05. The Balaban J connectivity index is 2.04. The van der Waals surface area contributed by atoms with Gasteiger partial charge in [0, 0.05) is 36.8 Å². The molecule has 4 rings (SSSR count). The Kier molecular flexibility index (Phi) is 4.71. The minimum Gasteiger partial charge on any atom is -0.488 e. The molecule has 0 amide bonds. The molecule has 4 aromatic rings. The summed E-state index contributed by atoms with van der Waals surface area (Å²) in [5.74, 6) is 0.586. The van der Waals surface area contributed by atoms with E-state index in [1.165, 1.54) is 0 Å². The van der Waals surface area contributed by atoms with E-state index in [9.17, 15) is 9.90 Å². The highest BCUT2D eigenvalue weighted by Gasteiger charge is 2.18. The summed E-state index contributed by atoms with van der Waals surface area (Å²) in [6.07, 6.45) is 3.71. The number of aromatic nitrogens is 3. The molecule has 0 atom stereocenters. The van der Waals surface area contributed by atoms with Crippen LogP contribution in [0.3, 0.4) is 0 Å². The van der Waals surface area contributed by atoms with Crippen LogP contribution in [-0.2, 0) is 14.1 Å². The minimum absolute atomic E-state index is 0.0945. The highest BCUT2D eigenvalue weighted by atomic mass is 16.5. The zero-order chi connectivity index (χ0) is 19.7. The van der Waals surface area contributed by atoms with Gasteiger partial charge in [0.2, 0.25) is 0 Å². The maximum Gasteiger partial charge on any atom is 0.258 e. The SMILES string of the molecule is Cn1cc(-c2ccc3c(=O)n(C)c(-c4ccccc4)c(OCCO)c3c2)cn1. The molecule has 28 heavy (non-hydrogen) atoms. The van der Waals surface area contributed by atoms with Crippen LogP contribution in [0.4, 0.5) is 0 Å². The summed E-state index contributed by atoms with van der Waals surface area (Å²) >= 11 is 0. The fourth-order valence-electron chi connectivity index (χ4n) is 3.45. The Labute approximate surface area is 162 Å². The highest BCUT2D eigenvalue weighted by molar-refractivity contribution is 5.96. The maximum absolute atomic E-state index is 13.0. The van der Waals surface area contributed by atoms with Gasteiger partial charge in [-0.1, -0.05) is 36.4 Å². The molecule has 142 valence electrons. The number of rotatable bonds is 5. The number of fused-ring (bicyclic) bond motifs is 1. The number of hydrogen-bond acceptors (Lipinski definition) is 4. The number of ether oxygens (including phenoxy) is 1. The number of pyridine rings is 1. The molecule has 0 saturated heterocycles. The van der Waals surface area contributed by atoms with E-state index < -0.39 is 0 Å². The number of nitrogens with zero attached hydrogens (tertiary/aromatic N) is 3. The van der Waals surface area contributed by atoms with Crippen molar-refractivity contribution in [2.75, 3.05) is 13.2 Å². The van der Waals surface area contributed by atoms with Gasteiger partial charge in [0.05, 0.1) is 23.9 Å². The van der Waals surface area contributed by atoms with Gasteiger partial charge in [0.25, 0.3) is 5.56 Å². The van der Waals surface area contributed by atoms with Gasteiger partial charge in [-0.3, -0.25) is 9.48 Å². The Morgan fingerprint density at radius 3 is 2.46 bits per heavy atom. The fourth-order valence-corrected chi connectivity index (χ4v) is 3.45. The summed E-state index contributed by atoms with van der Waals surface area (Å²) in [6.45, 7) is 0.0329. The summed E-state index contributed by atoms with van der Waals surface area (Å²) < 4.78 is 9.30. The third kappa shape index (κ3) is 3.08. The van der Waals surface area contributed by atoms with E-state index in [0.717, 1.165) is 22.1 Å². The molecule has 0 fully saturated rings. The van der Waals surface area contributed by atoms with Gasteiger partial charge in [-0.25, -0.2) is 0 Å². The van der Waals surface area contributed by atoms with Crippen molar-refractivity contribution in [1.29, 1.82) is 0 Å². The van der Waals surface area contributed by atoms with Gasteiger partial charge in [0.1, 0.15) is 6.61 Å². The van der Waals surface area contributed by atoms with Crippen LogP contribution >= 0.6 is 0 Å². The van der Waals surface area contributed by atoms with Gasteiger partial charge in [-0.2, -0.15) is 5.10 Å². The molecule has 0 bridgehead atoms. The first-order valence-corrected chi connectivity index (χ1v) is 9.05. The third-order valence-corrected chi connectivity index (χ3v) is 4.77. The molecule has 0 aliphatic rings. The van der Waals surface area contributed by atoms with E-state index in [2.05, 4.69) is 5.10 Å². The molecule has 0 unspecified atom stereocenters. The number of aliphatic hydroxyl groups is 1. The standard InChI is InChI=1S/C22H21N3O3/c1-24-14-17(13-23-24)16-8-9-18-19(12-16)21(28-11-10-26)20(25(2)22(18)27)15-6-4-3-5-7-15/h3-9,12-14,26H,10-11H2,1-2H3. The van der Waals surface area contributed by atoms with Crippen molar-refractivity contribution in [2.24, 2.45) is 14.1 Å². The second kappa shape index (κ2) is 7.32. The Hall–Kier alpha value is -3.38. The Bertz CT molecular complexity index is 1190. The van der Waals surface area contributed by atoms with E-state index in [1.54, 1.807) is 22.5 Å². The first kappa shape index (κ1) is 18.0. The normalized spacial score (nSPS) is 11.1. The van der Waals surface area contributed by atoms with E-state index in [1.807, 2.05) is 61.8 Å². The van der Waals surface area contributed by atoms with E-state index in [0.29, 0.717) is 16.8 Å². The van der Waals surface area contributed by atoms with E-state index in [-0.39, 0.29) is 18.8 Å². The summed E-state index contributed by atoms with van der Waals surface area (Å²) in [5, 5.41) is 14.8. The molecule has 2 aromatic heterocycles. The van der Waals surface area contributed by atoms with Crippen LogP contribution in [0, 0.1) is 0 Å². The molecular weight excluding hydrogens is 354 g/mol. The highest BCUT2D eigenvalue weighted by Crippen LogP contribution is 2.36. The number of aryl methyl sites for hydroxylation is 1. The minimum atomic E-state index is -0.110. The van der Waals surface area contributed by atoms with Gasteiger partial charge < -0.3 is 14.4 Å². The lowest BCUT2D eigenvalue weighted by molar-refractivity contribution is 0.202. The fraction of sp³-hybridized carbons (Fsp3) is 0.182. The summed E-state index contributed by atoms with van der Waals surface area (Å²) in [7, 11) is 3.61. The number of hydrogen-bond donors (Lipinski definition) is 1. The topological polar surface area (TPSA) is 69.3 Å². The molecule has 0 aliphatic heterocycles. The van der Waals surface area contributed by atoms with Crippen LogP contribution in [0.15, 0.2) is 65.7 Å². The average molecular weight is 375 g/mol. The van der Waals surface area contributed by atoms with Crippen LogP contribution in [0.1, 0.15) is 0 Å².